The fourth-order valence-corrected chi connectivity index (χ4v) is 1.93. The molecule has 19 heavy (non-hydrogen) atoms. The molecule has 0 spiro atoms. The summed E-state index contributed by atoms with van der Waals surface area (Å²) in [5.41, 5.74) is 3.21. The summed E-state index contributed by atoms with van der Waals surface area (Å²) in [6.07, 6.45) is 0.252. The smallest absolute Gasteiger partial charge is 0.226 e. The number of hydrogen-bond acceptors (Lipinski definition) is 4. The lowest BCUT2D eigenvalue weighted by Crippen LogP contribution is -2.22. The summed E-state index contributed by atoms with van der Waals surface area (Å²) in [5, 5.41) is 3.66. The van der Waals surface area contributed by atoms with Gasteiger partial charge in [0.15, 0.2) is 0 Å². The Balaban J connectivity index is 1.75. The van der Waals surface area contributed by atoms with Crippen molar-refractivity contribution in [2.75, 3.05) is 25.1 Å². The Morgan fingerprint density at radius 1 is 1.53 bits per heavy atom. The SMILES string of the molecule is O=C(CCO[C@H]1CNOC1)Nc1cc(Cl)ccc1Cl. The molecule has 1 aliphatic heterocycles. The fourth-order valence-electron chi connectivity index (χ4n) is 1.59. The van der Waals surface area contributed by atoms with Crippen LogP contribution in [0, 0.1) is 0 Å². The van der Waals surface area contributed by atoms with Gasteiger partial charge < -0.3 is 10.1 Å². The van der Waals surface area contributed by atoms with E-state index in [9.17, 15) is 4.79 Å². The van der Waals surface area contributed by atoms with E-state index in [2.05, 4.69) is 10.8 Å². The minimum absolute atomic E-state index is 0.00237. The number of anilines is 1. The molecule has 1 aliphatic rings. The first-order valence-electron chi connectivity index (χ1n) is 5.86. The van der Waals surface area contributed by atoms with Gasteiger partial charge in [-0.05, 0) is 18.2 Å². The molecule has 0 aromatic heterocycles. The van der Waals surface area contributed by atoms with E-state index in [1.165, 1.54) is 0 Å². The molecule has 1 heterocycles. The number of rotatable bonds is 5. The van der Waals surface area contributed by atoms with Gasteiger partial charge in [-0.3, -0.25) is 9.63 Å². The van der Waals surface area contributed by atoms with Crippen molar-refractivity contribution >= 4 is 34.8 Å². The van der Waals surface area contributed by atoms with Crippen LogP contribution in [-0.4, -0.2) is 31.8 Å². The van der Waals surface area contributed by atoms with Crippen molar-refractivity contribution in [1.82, 2.24) is 5.48 Å². The number of carbonyl (C=O) groups excluding carboxylic acids is 1. The van der Waals surface area contributed by atoms with E-state index in [1.807, 2.05) is 0 Å². The molecule has 5 nitrogen and oxygen atoms in total. The molecular weight excluding hydrogens is 291 g/mol. The number of halogens is 2. The molecule has 104 valence electrons. The van der Waals surface area contributed by atoms with Gasteiger partial charge in [-0.1, -0.05) is 23.2 Å². The van der Waals surface area contributed by atoms with Crippen molar-refractivity contribution in [2.24, 2.45) is 0 Å². The van der Waals surface area contributed by atoms with E-state index in [1.54, 1.807) is 18.2 Å². The van der Waals surface area contributed by atoms with Gasteiger partial charge >= 0.3 is 0 Å². The molecule has 0 radical (unpaired) electrons. The second kappa shape index (κ2) is 7.07. The normalized spacial score (nSPS) is 18.5. The number of amides is 1. The molecule has 2 N–H and O–H groups in total. The van der Waals surface area contributed by atoms with Gasteiger partial charge in [0.2, 0.25) is 5.91 Å². The van der Waals surface area contributed by atoms with E-state index in [0.717, 1.165) is 0 Å². The Bertz CT molecular complexity index is 451. The molecule has 1 fully saturated rings. The van der Waals surface area contributed by atoms with Gasteiger partial charge in [-0.25, -0.2) is 0 Å². The minimum Gasteiger partial charge on any atom is -0.374 e. The summed E-state index contributed by atoms with van der Waals surface area (Å²) in [6, 6.07) is 4.91. The average molecular weight is 305 g/mol. The highest BCUT2D eigenvalue weighted by Gasteiger charge is 2.16. The number of benzene rings is 1. The maximum Gasteiger partial charge on any atom is 0.226 e. The first kappa shape index (κ1) is 14.6. The third kappa shape index (κ3) is 4.63. The maximum absolute atomic E-state index is 11.7. The minimum atomic E-state index is -0.170. The lowest BCUT2D eigenvalue weighted by atomic mass is 10.3. The van der Waals surface area contributed by atoms with Crippen molar-refractivity contribution in [3.05, 3.63) is 28.2 Å². The number of nitrogens with one attached hydrogen (secondary N) is 2. The Labute approximate surface area is 121 Å². The van der Waals surface area contributed by atoms with Crippen LogP contribution in [-0.2, 0) is 14.4 Å². The van der Waals surface area contributed by atoms with Crippen LogP contribution in [0.4, 0.5) is 5.69 Å². The maximum atomic E-state index is 11.7. The topological polar surface area (TPSA) is 59.6 Å². The highest BCUT2D eigenvalue weighted by atomic mass is 35.5. The Hall–Kier alpha value is -0.850. The zero-order valence-electron chi connectivity index (χ0n) is 10.1. The second-order valence-corrected chi connectivity index (χ2v) is 4.92. The van der Waals surface area contributed by atoms with Crippen molar-refractivity contribution in [2.45, 2.75) is 12.5 Å². The molecule has 1 aromatic rings. The first-order valence-corrected chi connectivity index (χ1v) is 6.62. The number of hydrogen-bond donors (Lipinski definition) is 2. The summed E-state index contributed by atoms with van der Waals surface area (Å²) >= 11 is 11.8. The van der Waals surface area contributed by atoms with Crippen LogP contribution in [0.25, 0.3) is 0 Å². The Morgan fingerprint density at radius 2 is 2.37 bits per heavy atom. The quantitative estimate of drug-likeness (QED) is 0.876. The van der Waals surface area contributed by atoms with Crippen molar-refractivity contribution in [3.63, 3.8) is 0 Å². The van der Waals surface area contributed by atoms with Gasteiger partial charge in [-0.15, -0.1) is 0 Å². The van der Waals surface area contributed by atoms with Crippen molar-refractivity contribution in [1.29, 1.82) is 0 Å². The summed E-state index contributed by atoms with van der Waals surface area (Å²) in [7, 11) is 0. The van der Waals surface area contributed by atoms with Crippen molar-refractivity contribution in [3.8, 4) is 0 Å². The number of carbonyl (C=O) groups is 1. The summed E-state index contributed by atoms with van der Waals surface area (Å²) in [6.45, 7) is 1.48. The van der Waals surface area contributed by atoms with Gasteiger partial charge in [-0.2, -0.15) is 5.48 Å². The molecule has 1 atom stereocenters. The van der Waals surface area contributed by atoms with E-state index < -0.39 is 0 Å². The van der Waals surface area contributed by atoms with Crippen LogP contribution in [0.2, 0.25) is 10.0 Å². The third-order valence-electron chi connectivity index (χ3n) is 2.57. The molecule has 7 heteroatoms. The van der Waals surface area contributed by atoms with E-state index in [4.69, 9.17) is 32.8 Å². The summed E-state index contributed by atoms with van der Waals surface area (Å²) in [5.74, 6) is -0.170. The Kier molecular flexibility index (Phi) is 5.42. The highest BCUT2D eigenvalue weighted by Crippen LogP contribution is 2.25. The monoisotopic (exact) mass is 304 g/mol. The number of ether oxygens (including phenoxy) is 1. The van der Waals surface area contributed by atoms with Gasteiger partial charge in [0.25, 0.3) is 0 Å². The first-order chi connectivity index (χ1) is 9.15. The Morgan fingerprint density at radius 3 is 3.11 bits per heavy atom. The molecule has 0 unspecified atom stereocenters. The second-order valence-electron chi connectivity index (χ2n) is 4.07. The van der Waals surface area contributed by atoms with Gasteiger partial charge in [0, 0.05) is 11.6 Å². The molecule has 2 rings (SSSR count). The van der Waals surface area contributed by atoms with E-state index in [-0.39, 0.29) is 18.4 Å². The molecule has 0 bridgehead atoms. The van der Waals surface area contributed by atoms with Crippen LogP contribution in [0.1, 0.15) is 6.42 Å². The van der Waals surface area contributed by atoms with Crippen LogP contribution in [0.3, 0.4) is 0 Å². The highest BCUT2D eigenvalue weighted by molar-refractivity contribution is 6.35. The number of hydroxylamine groups is 1. The van der Waals surface area contributed by atoms with Crippen LogP contribution < -0.4 is 10.8 Å². The molecule has 1 amide bonds. The lowest BCUT2D eigenvalue weighted by molar-refractivity contribution is -0.117. The van der Waals surface area contributed by atoms with Crippen LogP contribution >= 0.6 is 23.2 Å². The standard InChI is InChI=1S/C12H14Cl2N2O3/c13-8-1-2-10(14)11(5-8)16-12(17)3-4-18-9-6-15-19-7-9/h1-2,5,9,15H,3-4,6-7H2,(H,16,17)/t9-/m0/s1. The van der Waals surface area contributed by atoms with E-state index >= 15 is 0 Å². The van der Waals surface area contributed by atoms with Crippen LogP contribution in [0.15, 0.2) is 18.2 Å². The summed E-state index contributed by atoms with van der Waals surface area (Å²) < 4.78 is 5.46. The average Bonchev–Trinajstić information content (AvgIpc) is 2.87. The largest absolute Gasteiger partial charge is 0.374 e. The third-order valence-corrected chi connectivity index (χ3v) is 3.13. The van der Waals surface area contributed by atoms with Gasteiger partial charge in [0.1, 0.15) is 0 Å². The van der Waals surface area contributed by atoms with Crippen molar-refractivity contribution < 1.29 is 14.4 Å². The molecule has 1 saturated heterocycles. The van der Waals surface area contributed by atoms with E-state index in [0.29, 0.717) is 35.5 Å². The predicted molar refractivity (Wildman–Crippen MR) is 73.4 cm³/mol. The lowest BCUT2D eigenvalue weighted by Gasteiger charge is -2.10. The van der Waals surface area contributed by atoms with Crippen LogP contribution in [0.5, 0.6) is 0 Å². The fraction of sp³-hybridized carbons (Fsp3) is 0.417. The molecule has 0 saturated carbocycles. The van der Waals surface area contributed by atoms with Gasteiger partial charge in [0.05, 0.1) is 36.4 Å². The molecular formula is C12H14Cl2N2O3. The molecule has 1 aromatic carbocycles. The molecule has 0 aliphatic carbocycles. The zero-order chi connectivity index (χ0) is 13.7. The predicted octanol–water partition coefficient (Wildman–Crippen LogP) is 2.24. The zero-order valence-corrected chi connectivity index (χ0v) is 11.6. The summed E-state index contributed by atoms with van der Waals surface area (Å²) in [4.78, 5) is 16.6.